The summed E-state index contributed by atoms with van der Waals surface area (Å²) in [5, 5.41) is 17.0. The Morgan fingerprint density at radius 2 is 2.33 bits per heavy atom. The summed E-state index contributed by atoms with van der Waals surface area (Å²) in [6.45, 7) is 5.13. The van der Waals surface area contributed by atoms with Gasteiger partial charge in [-0.25, -0.2) is 9.97 Å². The number of carbonyl (C=O) groups excluding carboxylic acids is 1. The fraction of sp³-hybridized carbons (Fsp3) is 0.583. The molecular weight excluding hydrogens is 276 g/mol. The number of hydrogen-bond donors (Lipinski definition) is 2. The van der Waals surface area contributed by atoms with Crippen molar-refractivity contribution >= 4 is 23.2 Å². The average molecular weight is 294 g/mol. The minimum absolute atomic E-state index is 0.169. The summed E-state index contributed by atoms with van der Waals surface area (Å²) in [7, 11) is 0. The quantitative estimate of drug-likeness (QED) is 0.601. The third-order valence-electron chi connectivity index (χ3n) is 3.30. The van der Waals surface area contributed by atoms with E-state index < -0.39 is 11.0 Å². The van der Waals surface area contributed by atoms with Crippen molar-refractivity contribution in [3.05, 3.63) is 16.4 Å². The molecule has 0 spiro atoms. The highest BCUT2D eigenvalue weighted by Gasteiger charge is 2.33. The third kappa shape index (κ3) is 3.01. The SMILES string of the molecule is CCCNc1ncnc(N2CCNC(=O)C2C)c1[N+](=O)[O-]. The molecule has 1 fully saturated rings. The van der Waals surface area contributed by atoms with Crippen LogP contribution in [0.5, 0.6) is 0 Å². The van der Waals surface area contributed by atoms with Gasteiger partial charge in [-0.3, -0.25) is 14.9 Å². The van der Waals surface area contributed by atoms with Gasteiger partial charge in [-0.1, -0.05) is 6.92 Å². The number of piperazine rings is 1. The number of hydrogen-bond acceptors (Lipinski definition) is 7. The summed E-state index contributed by atoms with van der Waals surface area (Å²) in [5.74, 6) is 0.193. The first-order valence-corrected chi connectivity index (χ1v) is 6.83. The van der Waals surface area contributed by atoms with Crippen molar-refractivity contribution in [3.8, 4) is 0 Å². The lowest BCUT2D eigenvalue weighted by atomic mass is 10.2. The van der Waals surface area contributed by atoms with Gasteiger partial charge < -0.3 is 15.5 Å². The summed E-state index contributed by atoms with van der Waals surface area (Å²) in [5.41, 5.74) is -0.187. The van der Waals surface area contributed by atoms with Crippen molar-refractivity contribution in [2.45, 2.75) is 26.3 Å². The highest BCUT2D eigenvalue weighted by atomic mass is 16.6. The zero-order valence-electron chi connectivity index (χ0n) is 12.0. The largest absolute Gasteiger partial charge is 0.364 e. The minimum atomic E-state index is -0.508. The van der Waals surface area contributed by atoms with E-state index in [-0.39, 0.29) is 23.2 Å². The second-order valence-corrected chi connectivity index (χ2v) is 4.74. The molecule has 0 saturated carbocycles. The van der Waals surface area contributed by atoms with E-state index in [4.69, 9.17) is 0 Å². The van der Waals surface area contributed by atoms with E-state index >= 15 is 0 Å². The summed E-state index contributed by atoms with van der Waals surface area (Å²) in [6.07, 6.45) is 2.10. The van der Waals surface area contributed by atoms with Gasteiger partial charge in [-0.2, -0.15) is 0 Å². The molecule has 0 bridgehead atoms. The first-order valence-electron chi connectivity index (χ1n) is 6.83. The summed E-state index contributed by atoms with van der Waals surface area (Å²) in [6, 6.07) is -0.508. The van der Waals surface area contributed by atoms with Crippen LogP contribution in [0.15, 0.2) is 6.33 Å². The Kier molecular flexibility index (Phi) is 4.51. The maximum Gasteiger partial charge on any atom is 0.353 e. The van der Waals surface area contributed by atoms with Crippen LogP contribution in [0.4, 0.5) is 17.3 Å². The van der Waals surface area contributed by atoms with E-state index in [1.807, 2.05) is 6.92 Å². The number of rotatable bonds is 5. The topological polar surface area (TPSA) is 113 Å². The van der Waals surface area contributed by atoms with Gasteiger partial charge in [-0.05, 0) is 13.3 Å². The number of carbonyl (C=O) groups is 1. The molecule has 1 aliphatic heterocycles. The Bertz CT molecular complexity index is 550. The predicted molar refractivity (Wildman–Crippen MR) is 77.3 cm³/mol. The maximum absolute atomic E-state index is 11.7. The van der Waals surface area contributed by atoms with Gasteiger partial charge in [0.1, 0.15) is 12.4 Å². The Morgan fingerprint density at radius 1 is 1.57 bits per heavy atom. The molecule has 9 heteroatoms. The van der Waals surface area contributed by atoms with Crippen LogP contribution in [0.1, 0.15) is 20.3 Å². The minimum Gasteiger partial charge on any atom is -0.364 e. The fourth-order valence-corrected chi connectivity index (χ4v) is 2.19. The summed E-state index contributed by atoms with van der Waals surface area (Å²) < 4.78 is 0. The van der Waals surface area contributed by atoms with Crippen molar-refractivity contribution in [1.29, 1.82) is 0 Å². The molecule has 1 aromatic heterocycles. The van der Waals surface area contributed by atoms with Crippen LogP contribution < -0.4 is 15.5 Å². The zero-order valence-corrected chi connectivity index (χ0v) is 12.0. The van der Waals surface area contributed by atoms with E-state index in [1.54, 1.807) is 11.8 Å². The standard InChI is InChI=1S/C12H18N6O3/c1-3-4-13-10-9(18(20)21)11(16-7-15-10)17-6-5-14-12(19)8(17)2/h7-8H,3-6H2,1-2H3,(H,14,19)(H,13,15,16). The molecule has 114 valence electrons. The van der Waals surface area contributed by atoms with E-state index in [9.17, 15) is 14.9 Å². The molecule has 2 rings (SSSR count). The van der Waals surface area contributed by atoms with Crippen molar-refractivity contribution < 1.29 is 9.72 Å². The molecule has 1 saturated heterocycles. The number of nitrogens with one attached hydrogen (secondary N) is 2. The molecule has 1 amide bonds. The first kappa shape index (κ1) is 14.9. The van der Waals surface area contributed by atoms with Crippen molar-refractivity contribution in [2.75, 3.05) is 29.9 Å². The van der Waals surface area contributed by atoms with Gasteiger partial charge in [0, 0.05) is 19.6 Å². The molecule has 1 unspecified atom stereocenters. The molecule has 1 aromatic rings. The van der Waals surface area contributed by atoms with Crippen LogP contribution in [0.25, 0.3) is 0 Å². The molecule has 2 heterocycles. The van der Waals surface area contributed by atoms with Crippen molar-refractivity contribution in [2.24, 2.45) is 0 Å². The molecule has 21 heavy (non-hydrogen) atoms. The van der Waals surface area contributed by atoms with Gasteiger partial charge in [0.2, 0.25) is 17.5 Å². The van der Waals surface area contributed by atoms with E-state index in [0.717, 1.165) is 6.42 Å². The monoisotopic (exact) mass is 294 g/mol. The van der Waals surface area contributed by atoms with Crippen molar-refractivity contribution in [1.82, 2.24) is 15.3 Å². The predicted octanol–water partition coefficient (Wildman–Crippen LogP) is 0.531. The van der Waals surface area contributed by atoms with E-state index in [0.29, 0.717) is 19.6 Å². The first-order chi connectivity index (χ1) is 10.1. The highest BCUT2D eigenvalue weighted by Crippen LogP contribution is 2.33. The summed E-state index contributed by atoms with van der Waals surface area (Å²) in [4.78, 5) is 32.2. The molecule has 2 N–H and O–H groups in total. The van der Waals surface area contributed by atoms with E-state index in [2.05, 4.69) is 20.6 Å². The second-order valence-electron chi connectivity index (χ2n) is 4.74. The van der Waals surface area contributed by atoms with Gasteiger partial charge in [0.25, 0.3) is 0 Å². The number of nitro groups is 1. The fourth-order valence-electron chi connectivity index (χ4n) is 2.19. The van der Waals surface area contributed by atoms with Crippen molar-refractivity contribution in [3.63, 3.8) is 0 Å². The molecule has 0 aromatic carbocycles. The molecule has 0 radical (unpaired) electrons. The third-order valence-corrected chi connectivity index (χ3v) is 3.30. The smallest absolute Gasteiger partial charge is 0.353 e. The highest BCUT2D eigenvalue weighted by molar-refractivity contribution is 5.87. The van der Waals surface area contributed by atoms with Crippen LogP contribution in [-0.2, 0) is 4.79 Å². The van der Waals surface area contributed by atoms with Crippen LogP contribution >= 0.6 is 0 Å². The Hall–Kier alpha value is -2.45. The van der Waals surface area contributed by atoms with Gasteiger partial charge in [0.05, 0.1) is 4.92 Å². The molecule has 1 aliphatic rings. The van der Waals surface area contributed by atoms with Crippen LogP contribution in [0.3, 0.4) is 0 Å². The molecule has 1 atom stereocenters. The normalized spacial score (nSPS) is 18.3. The number of amides is 1. The molecule has 9 nitrogen and oxygen atoms in total. The van der Waals surface area contributed by atoms with Crippen LogP contribution in [-0.4, -0.2) is 46.5 Å². The average Bonchev–Trinajstić information content (AvgIpc) is 2.47. The number of nitrogens with zero attached hydrogens (tertiary/aromatic N) is 4. The lowest BCUT2D eigenvalue weighted by molar-refractivity contribution is -0.383. The van der Waals surface area contributed by atoms with Crippen LogP contribution in [0.2, 0.25) is 0 Å². The Balaban J connectivity index is 2.42. The van der Waals surface area contributed by atoms with E-state index in [1.165, 1.54) is 6.33 Å². The Labute approximate surface area is 121 Å². The molecule has 0 aliphatic carbocycles. The second kappa shape index (κ2) is 6.33. The van der Waals surface area contributed by atoms with Gasteiger partial charge in [0.15, 0.2) is 0 Å². The van der Waals surface area contributed by atoms with Crippen LogP contribution in [0, 0.1) is 10.1 Å². The maximum atomic E-state index is 11.7. The Morgan fingerprint density at radius 3 is 3.00 bits per heavy atom. The summed E-state index contributed by atoms with van der Waals surface area (Å²) >= 11 is 0. The molecular formula is C12H18N6O3. The van der Waals surface area contributed by atoms with Gasteiger partial charge >= 0.3 is 5.69 Å². The lowest BCUT2D eigenvalue weighted by Gasteiger charge is -2.33. The van der Waals surface area contributed by atoms with Gasteiger partial charge in [-0.15, -0.1) is 0 Å². The number of anilines is 2. The lowest BCUT2D eigenvalue weighted by Crippen LogP contribution is -2.54. The zero-order chi connectivity index (χ0) is 15.4. The number of aromatic nitrogens is 2.